The van der Waals surface area contributed by atoms with Crippen LogP contribution >= 0.6 is 11.3 Å². The smallest absolute Gasteiger partial charge is 0.255 e. The molecule has 114 valence electrons. The summed E-state index contributed by atoms with van der Waals surface area (Å²) in [7, 11) is 0. The molecule has 0 saturated heterocycles. The highest BCUT2D eigenvalue weighted by Gasteiger charge is 2.20. The third kappa shape index (κ3) is 2.72. The third-order valence-corrected chi connectivity index (χ3v) is 4.12. The number of rotatable bonds is 4. The predicted octanol–water partition coefficient (Wildman–Crippen LogP) is 2.64. The number of hydrogen-bond acceptors (Lipinski definition) is 5. The summed E-state index contributed by atoms with van der Waals surface area (Å²) in [5.74, 6) is -0.574. The van der Waals surface area contributed by atoms with Crippen molar-refractivity contribution in [1.29, 1.82) is 0 Å². The zero-order valence-electron chi connectivity index (χ0n) is 12.2. The molecule has 0 saturated carbocycles. The van der Waals surface area contributed by atoms with Crippen LogP contribution in [-0.2, 0) is 4.79 Å². The van der Waals surface area contributed by atoms with Gasteiger partial charge >= 0.3 is 0 Å². The quantitative estimate of drug-likeness (QED) is 0.690. The molecule has 0 radical (unpaired) electrons. The summed E-state index contributed by atoms with van der Waals surface area (Å²) >= 11 is 1.33. The lowest BCUT2D eigenvalue weighted by atomic mass is 10.1. The van der Waals surface area contributed by atoms with Crippen molar-refractivity contribution in [3.05, 3.63) is 29.9 Å². The fourth-order valence-electron chi connectivity index (χ4n) is 2.10. The van der Waals surface area contributed by atoms with Gasteiger partial charge in [0.05, 0.1) is 5.69 Å². The Balaban J connectivity index is 1.84. The summed E-state index contributed by atoms with van der Waals surface area (Å²) in [4.78, 5) is 23.6. The first kappa shape index (κ1) is 14.7. The van der Waals surface area contributed by atoms with Gasteiger partial charge in [0.1, 0.15) is 11.8 Å². The summed E-state index contributed by atoms with van der Waals surface area (Å²) in [6, 6.07) is 3.84. The van der Waals surface area contributed by atoms with Crippen LogP contribution in [0.3, 0.4) is 0 Å². The van der Waals surface area contributed by atoms with Gasteiger partial charge in [0.25, 0.3) is 5.91 Å². The minimum absolute atomic E-state index is 0.140. The standard InChI is InChI=1S/C15H16N4O2S/c1-8(2)12(20)14(21)19-15-18-11(7-22-15)10-6-17-13-9(10)4-3-5-16-13/h3-8,12,20H,1-2H3,(H,16,17)(H,18,19,21). The summed E-state index contributed by atoms with van der Waals surface area (Å²) in [6.07, 6.45) is 2.54. The number of carbonyl (C=O) groups is 1. The monoisotopic (exact) mass is 316 g/mol. The molecule has 3 rings (SSSR count). The number of hydrogen-bond donors (Lipinski definition) is 3. The van der Waals surface area contributed by atoms with E-state index < -0.39 is 12.0 Å². The Morgan fingerprint density at radius 1 is 1.45 bits per heavy atom. The van der Waals surface area contributed by atoms with Crippen molar-refractivity contribution < 1.29 is 9.90 Å². The van der Waals surface area contributed by atoms with Crippen LogP contribution in [0.1, 0.15) is 13.8 Å². The number of aromatic amines is 1. The summed E-state index contributed by atoms with van der Waals surface area (Å²) in [5.41, 5.74) is 2.49. The van der Waals surface area contributed by atoms with E-state index in [0.717, 1.165) is 22.3 Å². The van der Waals surface area contributed by atoms with Crippen LogP contribution in [0, 0.1) is 5.92 Å². The van der Waals surface area contributed by atoms with Gasteiger partial charge in [-0.3, -0.25) is 10.1 Å². The third-order valence-electron chi connectivity index (χ3n) is 3.36. The minimum atomic E-state index is -1.04. The highest BCUT2D eigenvalue weighted by molar-refractivity contribution is 7.14. The first-order valence-electron chi connectivity index (χ1n) is 6.93. The van der Waals surface area contributed by atoms with Gasteiger partial charge < -0.3 is 10.1 Å². The molecule has 0 aliphatic heterocycles. The van der Waals surface area contributed by atoms with E-state index >= 15 is 0 Å². The molecule has 22 heavy (non-hydrogen) atoms. The number of fused-ring (bicyclic) bond motifs is 1. The molecule has 0 bridgehead atoms. The first-order chi connectivity index (χ1) is 10.6. The van der Waals surface area contributed by atoms with E-state index in [-0.39, 0.29) is 5.92 Å². The molecule has 7 heteroatoms. The Labute approximate surface area is 131 Å². The highest BCUT2D eigenvalue weighted by atomic mass is 32.1. The second-order valence-corrected chi connectivity index (χ2v) is 6.18. The van der Waals surface area contributed by atoms with Gasteiger partial charge in [0, 0.05) is 28.7 Å². The zero-order chi connectivity index (χ0) is 15.7. The molecule has 3 aromatic heterocycles. The fourth-order valence-corrected chi connectivity index (χ4v) is 2.82. The molecule has 0 aromatic carbocycles. The molecule has 3 N–H and O–H groups in total. The van der Waals surface area contributed by atoms with Gasteiger partial charge in [-0.05, 0) is 18.1 Å². The number of amides is 1. The van der Waals surface area contributed by atoms with Crippen molar-refractivity contribution >= 4 is 33.4 Å². The van der Waals surface area contributed by atoms with E-state index in [1.54, 1.807) is 20.0 Å². The van der Waals surface area contributed by atoms with Crippen molar-refractivity contribution in [2.24, 2.45) is 5.92 Å². The van der Waals surface area contributed by atoms with Crippen LogP contribution in [0.25, 0.3) is 22.3 Å². The van der Waals surface area contributed by atoms with Crippen LogP contribution in [0.5, 0.6) is 0 Å². The number of nitrogens with zero attached hydrogens (tertiary/aromatic N) is 2. The lowest BCUT2D eigenvalue weighted by Crippen LogP contribution is -2.31. The maximum Gasteiger partial charge on any atom is 0.255 e. The largest absolute Gasteiger partial charge is 0.383 e. The Morgan fingerprint density at radius 2 is 2.27 bits per heavy atom. The van der Waals surface area contributed by atoms with Crippen molar-refractivity contribution in [1.82, 2.24) is 15.0 Å². The second kappa shape index (κ2) is 5.86. The van der Waals surface area contributed by atoms with Gasteiger partial charge in [-0.15, -0.1) is 11.3 Å². The molecule has 3 aromatic rings. The van der Waals surface area contributed by atoms with Crippen LogP contribution in [0.2, 0.25) is 0 Å². The van der Waals surface area contributed by atoms with E-state index in [9.17, 15) is 9.90 Å². The maximum absolute atomic E-state index is 11.9. The molecular formula is C15H16N4O2S. The van der Waals surface area contributed by atoms with E-state index in [0.29, 0.717) is 5.13 Å². The van der Waals surface area contributed by atoms with Crippen LogP contribution in [0.4, 0.5) is 5.13 Å². The Morgan fingerprint density at radius 3 is 3.05 bits per heavy atom. The predicted molar refractivity (Wildman–Crippen MR) is 86.7 cm³/mol. The van der Waals surface area contributed by atoms with Crippen LogP contribution in [-0.4, -0.2) is 32.1 Å². The molecular weight excluding hydrogens is 300 g/mol. The molecule has 1 amide bonds. The van der Waals surface area contributed by atoms with Gasteiger partial charge in [-0.2, -0.15) is 0 Å². The number of pyridine rings is 1. The van der Waals surface area contributed by atoms with E-state index in [4.69, 9.17) is 0 Å². The van der Waals surface area contributed by atoms with Crippen LogP contribution < -0.4 is 5.32 Å². The lowest BCUT2D eigenvalue weighted by Gasteiger charge is -2.12. The van der Waals surface area contributed by atoms with Crippen LogP contribution in [0.15, 0.2) is 29.9 Å². The molecule has 3 heterocycles. The topological polar surface area (TPSA) is 90.9 Å². The number of anilines is 1. The van der Waals surface area contributed by atoms with Gasteiger partial charge in [-0.1, -0.05) is 13.8 Å². The SMILES string of the molecule is CC(C)C(O)C(=O)Nc1nc(-c2c[nH]c3ncccc23)cs1. The van der Waals surface area contributed by atoms with E-state index in [2.05, 4.69) is 20.3 Å². The first-order valence-corrected chi connectivity index (χ1v) is 7.81. The molecule has 1 atom stereocenters. The number of nitrogens with one attached hydrogen (secondary N) is 2. The Kier molecular flexibility index (Phi) is 3.91. The van der Waals surface area contributed by atoms with E-state index in [1.807, 2.05) is 23.7 Å². The molecule has 0 aliphatic rings. The zero-order valence-corrected chi connectivity index (χ0v) is 13.0. The number of aliphatic hydroxyl groups is 1. The highest BCUT2D eigenvalue weighted by Crippen LogP contribution is 2.30. The molecule has 0 spiro atoms. The van der Waals surface area contributed by atoms with E-state index in [1.165, 1.54) is 11.3 Å². The number of H-pyrrole nitrogens is 1. The number of thiazole rings is 1. The summed E-state index contributed by atoms with van der Waals surface area (Å²) < 4.78 is 0. The normalized spacial score (nSPS) is 12.7. The Hall–Kier alpha value is -2.25. The van der Waals surface area contributed by atoms with Gasteiger partial charge in [0.2, 0.25) is 0 Å². The number of aromatic nitrogens is 3. The van der Waals surface area contributed by atoms with Crippen molar-refractivity contribution in [2.75, 3.05) is 5.32 Å². The van der Waals surface area contributed by atoms with Crippen molar-refractivity contribution in [2.45, 2.75) is 20.0 Å². The molecule has 0 fully saturated rings. The maximum atomic E-state index is 11.9. The summed E-state index contributed by atoms with van der Waals surface area (Å²) in [5, 5.41) is 15.7. The molecule has 1 unspecified atom stereocenters. The lowest BCUT2D eigenvalue weighted by molar-refractivity contribution is -0.125. The van der Waals surface area contributed by atoms with Crippen molar-refractivity contribution in [3.63, 3.8) is 0 Å². The number of carbonyl (C=O) groups excluding carboxylic acids is 1. The second-order valence-electron chi connectivity index (χ2n) is 5.32. The average molecular weight is 316 g/mol. The van der Waals surface area contributed by atoms with Gasteiger partial charge in [0.15, 0.2) is 5.13 Å². The molecule has 0 aliphatic carbocycles. The average Bonchev–Trinajstić information content (AvgIpc) is 3.12. The Bertz CT molecular complexity index is 809. The number of aliphatic hydroxyl groups excluding tert-OH is 1. The fraction of sp³-hybridized carbons (Fsp3) is 0.267. The van der Waals surface area contributed by atoms with Gasteiger partial charge in [-0.25, -0.2) is 9.97 Å². The molecule has 6 nitrogen and oxygen atoms in total. The van der Waals surface area contributed by atoms with Crippen molar-refractivity contribution in [3.8, 4) is 11.3 Å². The minimum Gasteiger partial charge on any atom is -0.383 e. The summed E-state index contributed by atoms with van der Waals surface area (Å²) in [6.45, 7) is 3.58.